The number of fused-ring (bicyclic) bond motifs is 1. The highest BCUT2D eigenvalue weighted by molar-refractivity contribution is 7.92. The van der Waals surface area contributed by atoms with E-state index in [0.717, 1.165) is 24.8 Å². The molecule has 1 atom stereocenters. The Bertz CT molecular complexity index is 1210. The molecule has 7 heteroatoms. The summed E-state index contributed by atoms with van der Waals surface area (Å²) in [6.07, 6.45) is 2.85. The van der Waals surface area contributed by atoms with Crippen LogP contribution in [0.15, 0.2) is 77.7 Å². The van der Waals surface area contributed by atoms with Crippen LogP contribution in [0.2, 0.25) is 0 Å². The molecule has 0 radical (unpaired) electrons. The lowest BCUT2D eigenvalue weighted by atomic mass is 9.87. The van der Waals surface area contributed by atoms with Crippen molar-refractivity contribution in [1.29, 1.82) is 0 Å². The van der Waals surface area contributed by atoms with E-state index >= 15 is 0 Å². The molecule has 3 aromatic carbocycles. The lowest BCUT2D eigenvalue weighted by Gasteiger charge is -2.26. The Morgan fingerprint density at radius 1 is 1.00 bits per heavy atom. The molecule has 0 fully saturated rings. The molecule has 0 spiro atoms. The Morgan fingerprint density at radius 3 is 2.50 bits per heavy atom. The minimum atomic E-state index is -3.87. The first kappa shape index (κ1) is 21.9. The molecular weight excluding hydrogens is 424 g/mol. The van der Waals surface area contributed by atoms with Gasteiger partial charge in [-0.25, -0.2) is 8.42 Å². The lowest BCUT2D eigenvalue weighted by molar-refractivity contribution is 0.0933. The molecule has 0 bridgehead atoms. The normalized spacial score (nSPS) is 15.5. The highest BCUT2D eigenvalue weighted by Gasteiger charge is 2.24. The van der Waals surface area contributed by atoms with E-state index in [2.05, 4.69) is 16.1 Å². The summed E-state index contributed by atoms with van der Waals surface area (Å²) in [5.74, 6) is 0.288. The average molecular weight is 451 g/mol. The van der Waals surface area contributed by atoms with Gasteiger partial charge in [0.05, 0.1) is 28.8 Å². The number of aryl methyl sites for hydroxylation is 1. The highest BCUT2D eigenvalue weighted by atomic mass is 32.2. The molecule has 0 saturated heterocycles. The summed E-state index contributed by atoms with van der Waals surface area (Å²) in [5.41, 5.74) is 2.89. The zero-order chi connectivity index (χ0) is 22.6. The molecule has 1 amide bonds. The first-order valence-electron chi connectivity index (χ1n) is 10.7. The molecular formula is C25H26N2O4S. The molecule has 0 aliphatic heterocycles. The number of sulfonamides is 1. The van der Waals surface area contributed by atoms with Crippen LogP contribution in [0.25, 0.3) is 0 Å². The number of benzene rings is 3. The second-order valence-corrected chi connectivity index (χ2v) is 9.35. The Balaban J connectivity index is 1.55. The molecule has 0 unspecified atom stereocenters. The van der Waals surface area contributed by atoms with Gasteiger partial charge in [0.25, 0.3) is 15.9 Å². The topological polar surface area (TPSA) is 84.5 Å². The van der Waals surface area contributed by atoms with Crippen molar-refractivity contribution in [2.75, 3.05) is 11.3 Å². The van der Waals surface area contributed by atoms with Gasteiger partial charge in [0.2, 0.25) is 0 Å². The third-order valence-corrected chi connectivity index (χ3v) is 6.92. The van der Waals surface area contributed by atoms with Gasteiger partial charge in [-0.05, 0) is 73.7 Å². The van der Waals surface area contributed by atoms with Crippen LogP contribution in [0.1, 0.15) is 47.3 Å². The number of amides is 1. The monoisotopic (exact) mass is 450 g/mol. The Kier molecular flexibility index (Phi) is 6.46. The van der Waals surface area contributed by atoms with Crippen molar-refractivity contribution in [1.82, 2.24) is 5.32 Å². The van der Waals surface area contributed by atoms with Crippen LogP contribution < -0.4 is 14.8 Å². The molecule has 4 rings (SSSR count). The first-order valence-corrected chi connectivity index (χ1v) is 12.2. The Hall–Kier alpha value is -3.32. The van der Waals surface area contributed by atoms with E-state index in [1.807, 2.05) is 25.1 Å². The van der Waals surface area contributed by atoms with Gasteiger partial charge < -0.3 is 10.1 Å². The number of nitrogens with one attached hydrogen (secondary N) is 2. The first-order chi connectivity index (χ1) is 15.5. The van der Waals surface area contributed by atoms with Crippen LogP contribution in [0, 0.1) is 0 Å². The number of hydrogen-bond donors (Lipinski definition) is 2. The van der Waals surface area contributed by atoms with E-state index in [1.165, 1.54) is 17.7 Å². The highest BCUT2D eigenvalue weighted by Crippen LogP contribution is 2.30. The van der Waals surface area contributed by atoms with Crippen molar-refractivity contribution in [2.45, 2.75) is 37.1 Å². The predicted octanol–water partition coefficient (Wildman–Crippen LogP) is 4.69. The summed E-state index contributed by atoms with van der Waals surface area (Å²) >= 11 is 0. The van der Waals surface area contributed by atoms with Crippen molar-refractivity contribution in [3.05, 3.63) is 89.5 Å². The third kappa shape index (κ3) is 4.78. The van der Waals surface area contributed by atoms with Gasteiger partial charge in [-0.1, -0.05) is 36.4 Å². The fraction of sp³-hybridized carbons (Fsp3) is 0.240. The fourth-order valence-corrected chi connectivity index (χ4v) is 5.08. The minimum absolute atomic E-state index is 0.0942. The summed E-state index contributed by atoms with van der Waals surface area (Å²) in [4.78, 5) is 13.2. The van der Waals surface area contributed by atoms with Crippen LogP contribution in [-0.4, -0.2) is 20.9 Å². The van der Waals surface area contributed by atoms with E-state index in [4.69, 9.17) is 4.74 Å². The Morgan fingerprint density at radius 2 is 1.72 bits per heavy atom. The number of para-hydroxylation sites is 1. The predicted molar refractivity (Wildman–Crippen MR) is 124 cm³/mol. The molecule has 3 aromatic rings. The molecule has 32 heavy (non-hydrogen) atoms. The summed E-state index contributed by atoms with van der Waals surface area (Å²) in [5, 5.41) is 3.09. The van der Waals surface area contributed by atoms with Gasteiger partial charge in [0.1, 0.15) is 5.75 Å². The number of anilines is 1. The zero-order valence-corrected chi connectivity index (χ0v) is 18.7. The molecule has 1 aliphatic rings. The average Bonchev–Trinajstić information content (AvgIpc) is 2.80. The Labute approximate surface area is 188 Å². The van der Waals surface area contributed by atoms with Crippen molar-refractivity contribution >= 4 is 21.6 Å². The second kappa shape index (κ2) is 9.44. The minimum Gasteiger partial charge on any atom is -0.494 e. The zero-order valence-electron chi connectivity index (χ0n) is 17.9. The molecule has 0 saturated carbocycles. The van der Waals surface area contributed by atoms with E-state index in [1.54, 1.807) is 36.4 Å². The number of rotatable bonds is 7. The van der Waals surface area contributed by atoms with Gasteiger partial charge in [0.15, 0.2) is 0 Å². The maximum Gasteiger partial charge on any atom is 0.261 e. The molecule has 0 aromatic heterocycles. The number of hydrogen-bond acceptors (Lipinski definition) is 4. The van der Waals surface area contributed by atoms with Crippen molar-refractivity contribution in [2.24, 2.45) is 0 Å². The van der Waals surface area contributed by atoms with Crippen molar-refractivity contribution in [3.8, 4) is 5.75 Å². The van der Waals surface area contributed by atoms with Gasteiger partial charge >= 0.3 is 0 Å². The number of ether oxygens (including phenoxy) is 1. The van der Waals surface area contributed by atoms with Crippen LogP contribution >= 0.6 is 0 Å². The van der Waals surface area contributed by atoms with Crippen LogP contribution in [0.5, 0.6) is 5.75 Å². The fourth-order valence-electron chi connectivity index (χ4n) is 4.00. The largest absolute Gasteiger partial charge is 0.494 e. The molecule has 166 valence electrons. The molecule has 6 nitrogen and oxygen atoms in total. The summed E-state index contributed by atoms with van der Waals surface area (Å²) in [6, 6.07) is 20.8. The molecule has 0 heterocycles. The smallest absolute Gasteiger partial charge is 0.261 e. The molecule has 1 aliphatic carbocycles. The SMILES string of the molecule is CCOc1ccc(S(=O)(=O)Nc2ccccc2C(=O)N[C@@H]2CCCc3ccccc32)cc1. The maximum absolute atomic E-state index is 13.1. The van der Waals surface area contributed by atoms with Gasteiger partial charge in [-0.2, -0.15) is 0 Å². The van der Waals surface area contributed by atoms with E-state index in [-0.39, 0.29) is 28.1 Å². The number of carbonyl (C=O) groups excluding carboxylic acids is 1. The number of carbonyl (C=O) groups is 1. The van der Waals surface area contributed by atoms with Crippen LogP contribution in [0.4, 0.5) is 5.69 Å². The van der Waals surface area contributed by atoms with Gasteiger partial charge in [-0.3, -0.25) is 9.52 Å². The van der Waals surface area contributed by atoms with Gasteiger partial charge in [0, 0.05) is 0 Å². The quantitative estimate of drug-likeness (QED) is 0.547. The maximum atomic E-state index is 13.1. The van der Waals surface area contributed by atoms with Crippen LogP contribution in [-0.2, 0) is 16.4 Å². The second-order valence-electron chi connectivity index (χ2n) is 7.67. The van der Waals surface area contributed by atoms with Crippen LogP contribution in [0.3, 0.4) is 0 Å². The van der Waals surface area contributed by atoms with E-state index < -0.39 is 10.0 Å². The molecule has 2 N–H and O–H groups in total. The van der Waals surface area contributed by atoms with Crippen molar-refractivity contribution < 1.29 is 17.9 Å². The standard InChI is InChI=1S/C25H26N2O4S/c1-2-31-19-14-16-20(17-15-19)32(29,30)27-24-12-6-5-11-22(24)25(28)26-23-13-7-9-18-8-3-4-10-21(18)23/h3-6,8,10-12,14-17,23,27H,2,7,9,13H2,1H3,(H,26,28)/t23-/m1/s1. The summed E-state index contributed by atoms with van der Waals surface area (Å²) in [7, 11) is -3.87. The summed E-state index contributed by atoms with van der Waals surface area (Å²) in [6.45, 7) is 2.36. The lowest BCUT2D eigenvalue weighted by Crippen LogP contribution is -2.31. The van der Waals surface area contributed by atoms with Crippen molar-refractivity contribution in [3.63, 3.8) is 0 Å². The van der Waals surface area contributed by atoms with E-state index in [9.17, 15) is 13.2 Å². The van der Waals surface area contributed by atoms with E-state index in [0.29, 0.717) is 12.4 Å². The summed E-state index contributed by atoms with van der Waals surface area (Å²) < 4.78 is 33.8. The third-order valence-electron chi connectivity index (χ3n) is 5.54. The van der Waals surface area contributed by atoms with Gasteiger partial charge in [-0.15, -0.1) is 0 Å².